The number of nitrogens with one attached hydrogen (secondary N) is 4. The van der Waals surface area contributed by atoms with E-state index in [1.807, 2.05) is 19.1 Å². The van der Waals surface area contributed by atoms with Gasteiger partial charge in [-0.2, -0.15) is 4.98 Å². The molecule has 0 aliphatic heterocycles. The molecule has 12 heteroatoms. The third-order valence-corrected chi connectivity index (χ3v) is 5.33. The van der Waals surface area contributed by atoms with Crippen molar-refractivity contribution < 1.29 is 17.6 Å². The summed E-state index contributed by atoms with van der Waals surface area (Å²) in [5, 5.41) is 16.3. The predicted octanol–water partition coefficient (Wildman–Crippen LogP) is 2.61. The summed E-state index contributed by atoms with van der Waals surface area (Å²) in [6.45, 7) is 2.89. The van der Waals surface area contributed by atoms with E-state index in [0.717, 1.165) is 11.8 Å². The van der Waals surface area contributed by atoms with Gasteiger partial charge >= 0.3 is 6.03 Å². The number of carbonyl (C=O) groups excluding carboxylic acids is 1. The maximum Gasteiger partial charge on any atom is 0.314 e. The van der Waals surface area contributed by atoms with Crippen LogP contribution in [0.4, 0.5) is 32.3 Å². The Balaban J connectivity index is 1.65. The van der Waals surface area contributed by atoms with Crippen molar-refractivity contribution in [3.8, 4) is 0 Å². The van der Waals surface area contributed by atoms with Gasteiger partial charge in [-0.25, -0.2) is 27.7 Å². The molecule has 0 aliphatic rings. The maximum atomic E-state index is 14.2. The molecule has 0 aliphatic carbocycles. The van der Waals surface area contributed by atoms with Crippen LogP contribution in [0.25, 0.3) is 0 Å². The van der Waals surface area contributed by atoms with Gasteiger partial charge in [0.2, 0.25) is 16.0 Å². The molecule has 2 amide bonds. The highest BCUT2D eigenvalue weighted by atomic mass is 32.2. The van der Waals surface area contributed by atoms with Crippen molar-refractivity contribution in [1.82, 2.24) is 20.6 Å². The number of rotatable bonds is 9. The van der Waals surface area contributed by atoms with E-state index in [-0.39, 0.29) is 22.7 Å². The van der Waals surface area contributed by atoms with E-state index in [0.29, 0.717) is 30.9 Å². The van der Waals surface area contributed by atoms with Gasteiger partial charge in [-0.1, -0.05) is 18.2 Å². The van der Waals surface area contributed by atoms with Crippen molar-refractivity contribution in [2.24, 2.45) is 5.14 Å². The van der Waals surface area contributed by atoms with Gasteiger partial charge in [-0.15, -0.1) is 0 Å². The van der Waals surface area contributed by atoms with Crippen molar-refractivity contribution in [2.75, 3.05) is 23.7 Å². The highest BCUT2D eigenvalue weighted by molar-refractivity contribution is 7.89. The lowest BCUT2D eigenvalue weighted by Crippen LogP contribution is -2.36. The minimum atomic E-state index is -3.87. The number of anilines is 4. The summed E-state index contributed by atoms with van der Waals surface area (Å²) in [6, 6.07) is 12.9. The Morgan fingerprint density at radius 1 is 1.06 bits per heavy atom. The van der Waals surface area contributed by atoms with Gasteiger partial charge in [-0.05, 0) is 49.2 Å². The molecule has 0 saturated heterocycles. The van der Waals surface area contributed by atoms with Crippen LogP contribution >= 0.6 is 0 Å². The SMILES string of the molecule is CCNC(=O)NCCc1ccc(Nc2nc(Nc3cccc(S(N)(=O)=O)c3)ncc2F)cc1. The minimum Gasteiger partial charge on any atom is -0.338 e. The van der Waals surface area contributed by atoms with Crippen LogP contribution in [0, 0.1) is 5.82 Å². The Hall–Kier alpha value is -3.77. The number of sulfonamides is 1. The van der Waals surface area contributed by atoms with Crippen LogP contribution in [0.15, 0.2) is 59.6 Å². The van der Waals surface area contributed by atoms with Gasteiger partial charge in [-0.3, -0.25) is 0 Å². The molecule has 0 spiro atoms. The molecule has 0 bridgehead atoms. The van der Waals surface area contributed by atoms with Gasteiger partial charge in [0.1, 0.15) is 0 Å². The first-order chi connectivity index (χ1) is 15.7. The molecular formula is C21H24FN7O3S. The second kappa shape index (κ2) is 10.7. The highest BCUT2D eigenvalue weighted by Crippen LogP contribution is 2.22. The number of primary sulfonamides is 1. The van der Waals surface area contributed by atoms with Crippen molar-refractivity contribution in [3.63, 3.8) is 0 Å². The Kier molecular flexibility index (Phi) is 7.74. The first-order valence-electron chi connectivity index (χ1n) is 10.0. The Labute approximate surface area is 190 Å². The van der Waals surface area contributed by atoms with Crippen molar-refractivity contribution >= 4 is 39.2 Å². The maximum absolute atomic E-state index is 14.2. The number of hydrogen-bond acceptors (Lipinski definition) is 7. The molecule has 1 heterocycles. The summed E-state index contributed by atoms with van der Waals surface area (Å²) in [5.74, 6) is -0.645. The molecule has 2 aromatic carbocycles. The fourth-order valence-electron chi connectivity index (χ4n) is 2.83. The molecule has 3 rings (SSSR count). The van der Waals surface area contributed by atoms with Crippen LogP contribution in [0.3, 0.4) is 0 Å². The molecular weight excluding hydrogens is 449 g/mol. The van der Waals surface area contributed by atoms with Gasteiger partial charge in [0.05, 0.1) is 11.1 Å². The topological polar surface area (TPSA) is 151 Å². The van der Waals surface area contributed by atoms with E-state index in [4.69, 9.17) is 5.14 Å². The number of aromatic nitrogens is 2. The van der Waals surface area contributed by atoms with Gasteiger partial charge in [0.15, 0.2) is 11.6 Å². The van der Waals surface area contributed by atoms with Gasteiger partial charge in [0.25, 0.3) is 0 Å². The molecule has 6 N–H and O–H groups in total. The number of nitrogens with zero attached hydrogens (tertiary/aromatic N) is 2. The van der Waals surface area contributed by atoms with Crippen LogP contribution in [0.5, 0.6) is 0 Å². The summed E-state index contributed by atoms with van der Waals surface area (Å²) in [4.78, 5) is 19.3. The second-order valence-corrected chi connectivity index (χ2v) is 8.51. The molecule has 3 aromatic rings. The fourth-order valence-corrected chi connectivity index (χ4v) is 3.39. The Morgan fingerprint density at radius 2 is 1.82 bits per heavy atom. The summed E-state index contributed by atoms with van der Waals surface area (Å²) in [7, 11) is -3.87. The zero-order valence-electron chi connectivity index (χ0n) is 17.8. The van der Waals surface area contributed by atoms with Gasteiger partial charge < -0.3 is 21.3 Å². The lowest BCUT2D eigenvalue weighted by Gasteiger charge is -2.11. The molecule has 174 valence electrons. The zero-order chi connectivity index (χ0) is 23.8. The lowest BCUT2D eigenvalue weighted by atomic mass is 10.1. The zero-order valence-corrected chi connectivity index (χ0v) is 18.6. The summed E-state index contributed by atoms with van der Waals surface area (Å²) < 4.78 is 37.3. The monoisotopic (exact) mass is 473 g/mol. The smallest absolute Gasteiger partial charge is 0.314 e. The van der Waals surface area contributed by atoms with Crippen LogP contribution in [0.1, 0.15) is 12.5 Å². The molecule has 0 radical (unpaired) electrons. The Morgan fingerprint density at radius 3 is 2.52 bits per heavy atom. The summed E-state index contributed by atoms with van der Waals surface area (Å²) in [6.07, 6.45) is 1.65. The average molecular weight is 474 g/mol. The number of nitrogens with two attached hydrogens (primary N) is 1. The number of urea groups is 1. The number of amides is 2. The quantitative estimate of drug-likeness (QED) is 0.320. The van der Waals surface area contributed by atoms with E-state index < -0.39 is 15.8 Å². The van der Waals surface area contributed by atoms with Crippen molar-refractivity contribution in [3.05, 3.63) is 66.1 Å². The first kappa shape index (κ1) is 23.9. The minimum absolute atomic E-state index is 0.0549. The highest BCUT2D eigenvalue weighted by Gasteiger charge is 2.11. The van der Waals surface area contributed by atoms with Crippen LogP contribution in [0.2, 0.25) is 0 Å². The number of benzene rings is 2. The molecule has 0 unspecified atom stereocenters. The number of carbonyl (C=O) groups is 1. The van der Waals surface area contributed by atoms with Crippen LogP contribution < -0.4 is 26.4 Å². The number of halogens is 1. The molecule has 0 saturated carbocycles. The third kappa shape index (κ3) is 7.12. The van der Waals surface area contributed by atoms with Gasteiger partial charge in [0, 0.05) is 24.5 Å². The van der Waals surface area contributed by atoms with Crippen LogP contribution in [-0.2, 0) is 16.4 Å². The molecule has 10 nitrogen and oxygen atoms in total. The van der Waals surface area contributed by atoms with E-state index in [1.54, 1.807) is 18.2 Å². The standard InChI is InChI=1S/C21H24FN7O3S/c1-2-24-21(30)25-11-10-14-6-8-15(9-7-14)27-19-18(22)13-26-20(29-19)28-16-4-3-5-17(12-16)33(23,31)32/h3-9,12-13H,2,10-11H2,1H3,(H2,23,31,32)(H2,24,25,30)(H2,26,27,28,29). The summed E-state index contributed by atoms with van der Waals surface area (Å²) in [5.41, 5.74) is 1.98. The summed E-state index contributed by atoms with van der Waals surface area (Å²) >= 11 is 0. The predicted molar refractivity (Wildman–Crippen MR) is 124 cm³/mol. The van der Waals surface area contributed by atoms with Crippen LogP contribution in [-0.4, -0.2) is 37.5 Å². The largest absolute Gasteiger partial charge is 0.338 e. The molecule has 0 fully saturated rings. The normalized spacial score (nSPS) is 11.0. The van der Waals surface area contributed by atoms with E-state index in [9.17, 15) is 17.6 Å². The molecule has 0 atom stereocenters. The van der Waals surface area contributed by atoms with E-state index >= 15 is 0 Å². The fraction of sp³-hybridized carbons (Fsp3) is 0.190. The van der Waals surface area contributed by atoms with Crippen molar-refractivity contribution in [2.45, 2.75) is 18.2 Å². The number of hydrogen-bond donors (Lipinski definition) is 5. The van der Waals surface area contributed by atoms with E-state index in [1.165, 1.54) is 18.2 Å². The Bertz CT molecular complexity index is 1220. The van der Waals surface area contributed by atoms with Crippen molar-refractivity contribution in [1.29, 1.82) is 0 Å². The second-order valence-electron chi connectivity index (χ2n) is 6.95. The lowest BCUT2D eigenvalue weighted by molar-refractivity contribution is 0.241. The first-order valence-corrected chi connectivity index (χ1v) is 11.6. The molecule has 1 aromatic heterocycles. The van der Waals surface area contributed by atoms with E-state index in [2.05, 4.69) is 31.2 Å². The molecule has 33 heavy (non-hydrogen) atoms. The third-order valence-electron chi connectivity index (χ3n) is 4.42. The average Bonchev–Trinajstić information content (AvgIpc) is 2.77.